The first-order valence-corrected chi connectivity index (χ1v) is 11.4. The van der Waals surface area contributed by atoms with Gasteiger partial charge in [0.15, 0.2) is 6.61 Å². The number of benzene rings is 2. The fraction of sp³-hybridized carbons (Fsp3) is 0.381. The molecule has 8 heteroatoms. The van der Waals surface area contributed by atoms with E-state index in [-0.39, 0.29) is 34.2 Å². The van der Waals surface area contributed by atoms with Crippen LogP contribution in [0.5, 0.6) is 5.75 Å². The molecule has 2 aromatic carbocycles. The van der Waals surface area contributed by atoms with Crippen LogP contribution in [0.2, 0.25) is 5.02 Å². The van der Waals surface area contributed by atoms with Gasteiger partial charge in [-0.05, 0) is 62.1 Å². The van der Waals surface area contributed by atoms with Gasteiger partial charge in [0.1, 0.15) is 5.75 Å². The van der Waals surface area contributed by atoms with E-state index in [4.69, 9.17) is 16.3 Å². The van der Waals surface area contributed by atoms with Crippen molar-refractivity contribution in [3.8, 4) is 5.75 Å². The molecule has 156 valence electrons. The van der Waals surface area contributed by atoms with Gasteiger partial charge < -0.3 is 10.1 Å². The molecule has 0 aliphatic heterocycles. The van der Waals surface area contributed by atoms with Crippen LogP contribution in [0.1, 0.15) is 36.8 Å². The summed E-state index contributed by atoms with van der Waals surface area (Å²) in [5, 5.41) is 2.94. The Morgan fingerprint density at radius 3 is 2.59 bits per heavy atom. The zero-order valence-corrected chi connectivity index (χ0v) is 18.1. The van der Waals surface area contributed by atoms with Crippen molar-refractivity contribution in [2.45, 2.75) is 50.5 Å². The van der Waals surface area contributed by atoms with Crippen LogP contribution in [0.4, 0.5) is 5.69 Å². The molecule has 1 aliphatic rings. The lowest BCUT2D eigenvalue weighted by atomic mass is 10.1. The standard InChI is InChI=1S/C21H25ClN2O4S/c1-14-6-5-9-19(15(14)2)23-21(25)13-28-20-11-10-17(12-18(20)22)29(26,27)24-16-7-3-4-8-16/h5-6,9-12,16,24H,3-4,7-8,13H2,1-2H3,(H,23,25). The minimum absolute atomic E-state index is 0.0246. The summed E-state index contributed by atoms with van der Waals surface area (Å²) in [5.41, 5.74) is 2.79. The molecule has 0 bridgehead atoms. The number of rotatable bonds is 7. The molecule has 29 heavy (non-hydrogen) atoms. The average Bonchev–Trinajstić information content (AvgIpc) is 3.16. The van der Waals surface area contributed by atoms with Gasteiger partial charge in [0, 0.05) is 11.7 Å². The van der Waals surface area contributed by atoms with Crippen LogP contribution in [0.15, 0.2) is 41.3 Å². The Balaban J connectivity index is 1.61. The number of halogens is 1. The molecule has 0 spiro atoms. The SMILES string of the molecule is Cc1cccc(NC(=O)COc2ccc(S(=O)(=O)NC3CCCC3)cc2Cl)c1C. The van der Waals surface area contributed by atoms with Gasteiger partial charge in [-0.2, -0.15) is 0 Å². The van der Waals surface area contributed by atoms with Gasteiger partial charge in [-0.1, -0.05) is 36.6 Å². The van der Waals surface area contributed by atoms with Crippen molar-refractivity contribution < 1.29 is 17.9 Å². The molecule has 1 saturated carbocycles. The van der Waals surface area contributed by atoms with Crippen LogP contribution < -0.4 is 14.8 Å². The van der Waals surface area contributed by atoms with Gasteiger partial charge in [0.2, 0.25) is 10.0 Å². The molecular formula is C21H25ClN2O4S. The first-order valence-electron chi connectivity index (χ1n) is 9.57. The second kappa shape index (κ2) is 9.15. The molecule has 0 unspecified atom stereocenters. The summed E-state index contributed by atoms with van der Waals surface area (Å²) in [6, 6.07) is 9.88. The monoisotopic (exact) mass is 436 g/mol. The summed E-state index contributed by atoms with van der Waals surface area (Å²) < 4.78 is 33.2. The fourth-order valence-electron chi connectivity index (χ4n) is 3.31. The van der Waals surface area contributed by atoms with Crippen molar-refractivity contribution in [2.24, 2.45) is 0 Å². The van der Waals surface area contributed by atoms with E-state index in [1.54, 1.807) is 0 Å². The smallest absolute Gasteiger partial charge is 0.262 e. The number of hydrogen-bond acceptors (Lipinski definition) is 4. The highest BCUT2D eigenvalue weighted by molar-refractivity contribution is 7.89. The molecule has 1 amide bonds. The third-order valence-corrected chi connectivity index (χ3v) is 6.94. The maximum Gasteiger partial charge on any atom is 0.262 e. The zero-order valence-electron chi connectivity index (χ0n) is 16.5. The molecule has 0 saturated heterocycles. The van der Waals surface area contributed by atoms with E-state index in [0.717, 1.165) is 42.5 Å². The molecule has 3 rings (SSSR count). The lowest BCUT2D eigenvalue weighted by Crippen LogP contribution is -2.32. The average molecular weight is 437 g/mol. The third kappa shape index (κ3) is 5.50. The Hall–Kier alpha value is -2.09. The van der Waals surface area contributed by atoms with Gasteiger partial charge in [0.25, 0.3) is 5.91 Å². The van der Waals surface area contributed by atoms with Crippen LogP contribution in [0, 0.1) is 13.8 Å². The number of sulfonamides is 1. The Bertz CT molecular complexity index is 1000. The zero-order chi connectivity index (χ0) is 21.0. The van der Waals surface area contributed by atoms with E-state index >= 15 is 0 Å². The number of anilines is 1. The first kappa shape index (κ1) is 21.6. The van der Waals surface area contributed by atoms with Crippen LogP contribution in [-0.4, -0.2) is 27.0 Å². The topological polar surface area (TPSA) is 84.5 Å². The summed E-state index contributed by atoms with van der Waals surface area (Å²) in [4.78, 5) is 12.3. The minimum Gasteiger partial charge on any atom is -0.482 e. The fourth-order valence-corrected chi connectivity index (χ4v) is 4.94. The molecule has 2 N–H and O–H groups in total. The number of aryl methyl sites for hydroxylation is 1. The maximum atomic E-state index is 12.5. The van der Waals surface area contributed by atoms with E-state index < -0.39 is 10.0 Å². The molecule has 0 atom stereocenters. The van der Waals surface area contributed by atoms with Crippen molar-refractivity contribution in [2.75, 3.05) is 11.9 Å². The predicted molar refractivity (Wildman–Crippen MR) is 114 cm³/mol. The number of carbonyl (C=O) groups excluding carboxylic acids is 1. The summed E-state index contributed by atoms with van der Waals surface area (Å²) in [7, 11) is -3.63. The molecule has 0 heterocycles. The molecule has 2 aromatic rings. The van der Waals surface area contributed by atoms with Crippen molar-refractivity contribution in [3.05, 3.63) is 52.5 Å². The van der Waals surface area contributed by atoms with Gasteiger partial charge >= 0.3 is 0 Å². The largest absolute Gasteiger partial charge is 0.482 e. The number of amides is 1. The van der Waals surface area contributed by atoms with E-state index in [0.29, 0.717) is 0 Å². The lowest BCUT2D eigenvalue weighted by molar-refractivity contribution is -0.118. The van der Waals surface area contributed by atoms with Gasteiger partial charge in [-0.3, -0.25) is 4.79 Å². The lowest BCUT2D eigenvalue weighted by Gasteiger charge is -2.14. The Kier molecular flexibility index (Phi) is 6.82. The quantitative estimate of drug-likeness (QED) is 0.681. The van der Waals surface area contributed by atoms with Crippen LogP contribution >= 0.6 is 11.6 Å². The number of nitrogens with one attached hydrogen (secondary N) is 2. The highest BCUT2D eigenvalue weighted by Gasteiger charge is 2.23. The van der Waals surface area contributed by atoms with Crippen LogP contribution in [0.25, 0.3) is 0 Å². The Morgan fingerprint density at radius 1 is 1.17 bits per heavy atom. The summed E-state index contributed by atoms with van der Waals surface area (Å²) >= 11 is 6.19. The van der Waals surface area contributed by atoms with Crippen molar-refractivity contribution in [1.29, 1.82) is 0 Å². The molecule has 6 nitrogen and oxygen atoms in total. The highest BCUT2D eigenvalue weighted by atomic mass is 35.5. The third-order valence-electron chi connectivity index (χ3n) is 5.13. The van der Waals surface area contributed by atoms with E-state index in [9.17, 15) is 13.2 Å². The van der Waals surface area contributed by atoms with Crippen molar-refractivity contribution in [3.63, 3.8) is 0 Å². The van der Waals surface area contributed by atoms with E-state index in [1.807, 2.05) is 32.0 Å². The van der Waals surface area contributed by atoms with Gasteiger partial charge in [0.05, 0.1) is 9.92 Å². The molecule has 0 radical (unpaired) electrons. The predicted octanol–water partition coefficient (Wildman–Crippen LogP) is 4.20. The van der Waals surface area contributed by atoms with E-state index in [2.05, 4.69) is 10.0 Å². The first-order chi connectivity index (χ1) is 13.8. The molecule has 0 aromatic heterocycles. The molecular weight excluding hydrogens is 412 g/mol. The highest BCUT2D eigenvalue weighted by Crippen LogP contribution is 2.28. The number of ether oxygens (including phenoxy) is 1. The van der Waals surface area contributed by atoms with Crippen LogP contribution in [-0.2, 0) is 14.8 Å². The van der Waals surface area contributed by atoms with E-state index in [1.165, 1.54) is 18.2 Å². The second-order valence-corrected chi connectivity index (χ2v) is 9.40. The molecule has 1 aliphatic carbocycles. The maximum absolute atomic E-state index is 12.5. The summed E-state index contributed by atoms with van der Waals surface area (Å²) in [6.45, 7) is 3.67. The molecule has 1 fully saturated rings. The summed E-state index contributed by atoms with van der Waals surface area (Å²) in [5.74, 6) is -0.0723. The van der Waals surface area contributed by atoms with Crippen LogP contribution in [0.3, 0.4) is 0 Å². The van der Waals surface area contributed by atoms with Gasteiger partial charge in [-0.15, -0.1) is 0 Å². The van der Waals surface area contributed by atoms with Gasteiger partial charge in [-0.25, -0.2) is 13.1 Å². The Morgan fingerprint density at radius 2 is 1.90 bits per heavy atom. The number of hydrogen-bond donors (Lipinski definition) is 2. The second-order valence-electron chi connectivity index (χ2n) is 7.28. The normalized spacial score (nSPS) is 14.7. The minimum atomic E-state index is -3.63. The number of carbonyl (C=O) groups is 1. The Labute approximate surface area is 176 Å². The van der Waals surface area contributed by atoms with Crippen molar-refractivity contribution >= 4 is 33.2 Å². The summed E-state index contributed by atoms with van der Waals surface area (Å²) in [6.07, 6.45) is 3.77. The van der Waals surface area contributed by atoms with Crippen molar-refractivity contribution in [1.82, 2.24) is 4.72 Å².